The minimum atomic E-state index is -4.58. The Morgan fingerprint density at radius 3 is 2.42 bits per heavy atom. The predicted molar refractivity (Wildman–Crippen MR) is 165 cm³/mol. The molecular weight excluding hydrogens is 599 g/mol. The standard InChI is InChI=1S/C31H29ClF3N5O2.H2S/c32-21-8-11-24-23(16-21)25(17-29(39-24)31(33,34)35)38-22-9-6-20(7-10-22)15-28(41)26(14-19-4-2-1-3-5-19)40-30(42)27-18-36-12-13-37-27;/h1-5,8,11-13,16-18,20,22,26H,6-7,9-10,14-15H2,(H,38,39)(H,40,42);1H2/t20?,22?,26-;/m0./s1. The van der Waals surface area contributed by atoms with E-state index in [1.807, 2.05) is 30.3 Å². The van der Waals surface area contributed by atoms with E-state index >= 15 is 0 Å². The molecule has 0 aliphatic heterocycles. The molecule has 0 radical (unpaired) electrons. The van der Waals surface area contributed by atoms with E-state index in [4.69, 9.17) is 11.6 Å². The number of nitrogens with one attached hydrogen (secondary N) is 2. The molecule has 4 aromatic rings. The van der Waals surface area contributed by atoms with Crippen LogP contribution in [0, 0.1) is 5.92 Å². The number of benzene rings is 2. The molecule has 1 amide bonds. The molecule has 0 spiro atoms. The van der Waals surface area contributed by atoms with Crippen molar-refractivity contribution in [3.63, 3.8) is 0 Å². The number of pyridine rings is 1. The van der Waals surface area contributed by atoms with E-state index in [2.05, 4.69) is 25.6 Å². The fourth-order valence-electron chi connectivity index (χ4n) is 5.36. The van der Waals surface area contributed by atoms with Crippen molar-refractivity contribution in [3.05, 3.63) is 95.2 Å². The first-order valence-electron chi connectivity index (χ1n) is 13.7. The Labute approximate surface area is 259 Å². The SMILES string of the molecule is O=C(N[C@@H](Cc1ccccc1)C(=O)CC1CCC(Nc2cc(C(F)(F)F)nc3ccc(Cl)cc23)CC1)c1cnccn1.S. The molecule has 0 saturated heterocycles. The average Bonchev–Trinajstić information content (AvgIpc) is 2.98. The minimum Gasteiger partial charge on any atom is -0.382 e. The number of nitrogens with zero attached hydrogens (tertiary/aromatic N) is 3. The number of carbonyl (C=O) groups is 2. The summed E-state index contributed by atoms with van der Waals surface area (Å²) in [6, 6.07) is 14.3. The molecule has 7 nitrogen and oxygen atoms in total. The van der Waals surface area contributed by atoms with Gasteiger partial charge >= 0.3 is 6.18 Å². The van der Waals surface area contributed by atoms with Gasteiger partial charge in [-0.05, 0) is 67.9 Å². The number of halogens is 4. The maximum Gasteiger partial charge on any atom is 0.433 e. The number of Topliss-reactive ketones (excluding diaryl/α,β-unsaturated/α-hetero) is 1. The van der Waals surface area contributed by atoms with E-state index < -0.39 is 23.8 Å². The lowest BCUT2D eigenvalue weighted by Crippen LogP contribution is -2.43. The van der Waals surface area contributed by atoms with E-state index in [0.717, 1.165) is 24.5 Å². The molecule has 2 aromatic heterocycles. The molecule has 2 N–H and O–H groups in total. The van der Waals surface area contributed by atoms with Crippen molar-refractivity contribution in [1.29, 1.82) is 0 Å². The van der Waals surface area contributed by atoms with Gasteiger partial charge in [-0.25, -0.2) is 9.97 Å². The summed E-state index contributed by atoms with van der Waals surface area (Å²) in [5.41, 5.74) is 0.639. The Bertz CT molecular complexity index is 1550. The van der Waals surface area contributed by atoms with Gasteiger partial charge in [0.2, 0.25) is 0 Å². The van der Waals surface area contributed by atoms with Crippen molar-refractivity contribution in [3.8, 4) is 0 Å². The van der Waals surface area contributed by atoms with Crippen molar-refractivity contribution in [2.45, 2.75) is 56.8 Å². The van der Waals surface area contributed by atoms with Gasteiger partial charge in [0.25, 0.3) is 5.91 Å². The number of fused-ring (bicyclic) bond motifs is 1. The van der Waals surface area contributed by atoms with Crippen molar-refractivity contribution >= 4 is 53.4 Å². The number of hydrogen-bond acceptors (Lipinski definition) is 6. The highest BCUT2D eigenvalue weighted by molar-refractivity contribution is 7.59. The van der Waals surface area contributed by atoms with Crippen LogP contribution in [0.4, 0.5) is 18.9 Å². The molecule has 1 aliphatic carbocycles. The lowest BCUT2D eigenvalue weighted by Gasteiger charge is -2.31. The number of ketones is 1. The summed E-state index contributed by atoms with van der Waals surface area (Å²) in [7, 11) is 0. The lowest BCUT2D eigenvalue weighted by atomic mass is 9.81. The Balaban J connectivity index is 0.00000423. The number of aromatic nitrogens is 3. The number of amides is 1. The second-order valence-electron chi connectivity index (χ2n) is 10.6. The van der Waals surface area contributed by atoms with Crippen LogP contribution in [0.15, 0.2) is 73.2 Å². The van der Waals surface area contributed by atoms with E-state index in [-0.39, 0.29) is 48.9 Å². The molecule has 0 unspecified atom stereocenters. The highest BCUT2D eigenvalue weighted by atomic mass is 35.5. The van der Waals surface area contributed by atoms with Crippen LogP contribution in [0.2, 0.25) is 5.02 Å². The molecule has 226 valence electrons. The number of hydrogen-bond donors (Lipinski definition) is 2. The molecule has 2 heterocycles. The summed E-state index contributed by atoms with van der Waals surface area (Å²) in [6.45, 7) is 0. The molecule has 43 heavy (non-hydrogen) atoms. The third-order valence-electron chi connectivity index (χ3n) is 7.53. The first kappa shape index (κ1) is 32.2. The van der Waals surface area contributed by atoms with E-state index in [1.165, 1.54) is 30.7 Å². The predicted octanol–water partition coefficient (Wildman–Crippen LogP) is 6.78. The molecule has 1 saturated carbocycles. The van der Waals surface area contributed by atoms with Crippen molar-refractivity contribution < 1.29 is 22.8 Å². The van der Waals surface area contributed by atoms with Gasteiger partial charge < -0.3 is 10.6 Å². The normalized spacial score (nSPS) is 17.5. The Hall–Kier alpha value is -3.70. The second kappa shape index (κ2) is 14.2. The van der Waals surface area contributed by atoms with Crippen LogP contribution in [-0.2, 0) is 17.4 Å². The first-order chi connectivity index (χ1) is 20.2. The van der Waals surface area contributed by atoms with Crippen molar-refractivity contribution in [2.75, 3.05) is 5.32 Å². The van der Waals surface area contributed by atoms with Crippen molar-refractivity contribution in [1.82, 2.24) is 20.3 Å². The molecule has 5 rings (SSSR count). The molecule has 1 fully saturated rings. The molecular formula is C31H31ClF3N5O2S. The third kappa shape index (κ3) is 8.45. The maximum atomic E-state index is 13.5. The van der Waals surface area contributed by atoms with Gasteiger partial charge in [-0.2, -0.15) is 26.7 Å². The van der Waals surface area contributed by atoms with Crippen LogP contribution < -0.4 is 10.6 Å². The monoisotopic (exact) mass is 629 g/mol. The topological polar surface area (TPSA) is 96.9 Å². The van der Waals surface area contributed by atoms with E-state index in [1.54, 1.807) is 6.07 Å². The molecule has 2 aromatic carbocycles. The van der Waals surface area contributed by atoms with Gasteiger partial charge in [-0.3, -0.25) is 14.6 Å². The summed E-state index contributed by atoms with van der Waals surface area (Å²) in [5, 5.41) is 7.06. The van der Waals surface area contributed by atoms with Gasteiger partial charge in [-0.15, -0.1) is 0 Å². The summed E-state index contributed by atoms with van der Waals surface area (Å²) >= 11 is 6.13. The van der Waals surface area contributed by atoms with Gasteiger partial charge in [0, 0.05) is 41.0 Å². The third-order valence-corrected chi connectivity index (χ3v) is 7.76. The highest BCUT2D eigenvalue weighted by Crippen LogP contribution is 2.36. The number of carbonyl (C=O) groups excluding carboxylic acids is 2. The number of alkyl halides is 3. The fraction of sp³-hybridized carbons (Fsp3) is 0.323. The summed E-state index contributed by atoms with van der Waals surface area (Å²) < 4.78 is 40.6. The molecule has 1 aliphatic rings. The second-order valence-corrected chi connectivity index (χ2v) is 11.0. The average molecular weight is 630 g/mol. The van der Waals surface area contributed by atoms with Gasteiger partial charge in [0.1, 0.15) is 11.4 Å². The maximum absolute atomic E-state index is 13.5. The smallest absolute Gasteiger partial charge is 0.382 e. The van der Waals surface area contributed by atoms with E-state index in [0.29, 0.717) is 35.4 Å². The highest BCUT2D eigenvalue weighted by Gasteiger charge is 2.34. The zero-order valence-electron chi connectivity index (χ0n) is 23.1. The van der Waals surface area contributed by atoms with Gasteiger partial charge in [-0.1, -0.05) is 41.9 Å². The lowest BCUT2D eigenvalue weighted by molar-refractivity contribution is -0.140. The van der Waals surface area contributed by atoms with E-state index in [9.17, 15) is 22.8 Å². The summed E-state index contributed by atoms with van der Waals surface area (Å²) in [6.07, 6.45) is 3.09. The minimum absolute atomic E-state index is 0. The van der Waals surface area contributed by atoms with Gasteiger partial charge in [0.05, 0.1) is 17.8 Å². The first-order valence-corrected chi connectivity index (χ1v) is 14.1. The quantitative estimate of drug-likeness (QED) is 0.212. The molecule has 12 heteroatoms. The van der Waals surface area contributed by atoms with Crippen LogP contribution in [-0.4, -0.2) is 38.7 Å². The van der Waals surface area contributed by atoms with Crippen LogP contribution in [0.25, 0.3) is 10.9 Å². The Morgan fingerprint density at radius 2 is 1.74 bits per heavy atom. The molecule has 0 bridgehead atoms. The summed E-state index contributed by atoms with van der Waals surface area (Å²) in [5.74, 6) is -0.443. The largest absolute Gasteiger partial charge is 0.433 e. The zero-order chi connectivity index (χ0) is 29.7. The van der Waals surface area contributed by atoms with Crippen LogP contribution in [0.1, 0.15) is 53.8 Å². The number of rotatable bonds is 9. The van der Waals surface area contributed by atoms with Crippen molar-refractivity contribution in [2.24, 2.45) is 5.92 Å². The van der Waals surface area contributed by atoms with Crippen LogP contribution in [0.5, 0.6) is 0 Å². The molecule has 1 atom stereocenters. The Morgan fingerprint density at radius 1 is 1.00 bits per heavy atom. The van der Waals surface area contributed by atoms with Crippen LogP contribution >= 0.6 is 25.1 Å². The fourth-order valence-corrected chi connectivity index (χ4v) is 5.54. The number of anilines is 1. The summed E-state index contributed by atoms with van der Waals surface area (Å²) in [4.78, 5) is 38.0. The van der Waals surface area contributed by atoms with Gasteiger partial charge in [0.15, 0.2) is 5.78 Å². The van der Waals surface area contributed by atoms with Crippen LogP contribution in [0.3, 0.4) is 0 Å². The Kier molecular flexibility index (Phi) is 10.6. The zero-order valence-corrected chi connectivity index (χ0v) is 24.8.